The van der Waals surface area contributed by atoms with Crippen LogP contribution in [0, 0.1) is 5.82 Å². The highest BCUT2D eigenvalue weighted by Crippen LogP contribution is 2.29. The Labute approximate surface area is 172 Å². The van der Waals surface area contributed by atoms with Gasteiger partial charge >= 0.3 is 0 Å². The largest absolute Gasteiger partial charge is 0.393 e. The van der Waals surface area contributed by atoms with Gasteiger partial charge in [-0.25, -0.2) is 4.39 Å². The molecule has 1 fully saturated rings. The Morgan fingerprint density at radius 1 is 1.24 bits per heavy atom. The van der Waals surface area contributed by atoms with Gasteiger partial charge in [0.2, 0.25) is 5.91 Å². The topological polar surface area (TPSA) is 55.8 Å². The van der Waals surface area contributed by atoms with Gasteiger partial charge in [0, 0.05) is 30.9 Å². The van der Waals surface area contributed by atoms with Crippen molar-refractivity contribution >= 4 is 11.6 Å². The van der Waals surface area contributed by atoms with Gasteiger partial charge in [0.1, 0.15) is 5.82 Å². The number of likely N-dealkylation sites (N-methyl/N-ethyl adjacent to an activating group) is 1. The van der Waals surface area contributed by atoms with Crippen molar-refractivity contribution in [2.75, 3.05) is 31.6 Å². The zero-order valence-corrected chi connectivity index (χ0v) is 17.1. The van der Waals surface area contributed by atoms with Gasteiger partial charge in [0.25, 0.3) is 0 Å². The first kappa shape index (κ1) is 21.3. The second-order valence-electron chi connectivity index (χ2n) is 7.87. The number of rotatable bonds is 7. The first-order valence-corrected chi connectivity index (χ1v) is 10.2. The summed E-state index contributed by atoms with van der Waals surface area (Å²) in [6.45, 7) is 4.27. The normalized spacial score (nSPS) is 16.1. The Hall–Kier alpha value is -2.44. The van der Waals surface area contributed by atoms with Crippen LogP contribution < -0.4 is 10.2 Å². The fraction of sp³-hybridized carbons (Fsp3) is 0.435. The average molecular weight is 400 g/mol. The van der Waals surface area contributed by atoms with E-state index < -0.39 is 0 Å². The zero-order chi connectivity index (χ0) is 20.8. The van der Waals surface area contributed by atoms with Gasteiger partial charge in [0.05, 0.1) is 18.7 Å². The maximum absolute atomic E-state index is 13.9. The Kier molecular flexibility index (Phi) is 7.23. The molecule has 1 atom stereocenters. The molecule has 0 bridgehead atoms. The number of aliphatic hydroxyl groups is 1. The van der Waals surface area contributed by atoms with E-state index >= 15 is 0 Å². The van der Waals surface area contributed by atoms with Crippen LogP contribution in [-0.2, 0) is 11.3 Å². The lowest BCUT2D eigenvalue weighted by Gasteiger charge is -2.34. The molecule has 0 spiro atoms. The van der Waals surface area contributed by atoms with Gasteiger partial charge in [-0.3, -0.25) is 9.69 Å². The van der Waals surface area contributed by atoms with E-state index in [1.165, 1.54) is 12.1 Å². The zero-order valence-electron chi connectivity index (χ0n) is 17.1. The van der Waals surface area contributed by atoms with E-state index in [0.29, 0.717) is 19.4 Å². The van der Waals surface area contributed by atoms with E-state index in [-0.39, 0.29) is 30.4 Å². The van der Waals surface area contributed by atoms with Crippen LogP contribution in [0.3, 0.4) is 0 Å². The van der Waals surface area contributed by atoms with E-state index in [1.807, 2.05) is 49.2 Å². The lowest BCUT2D eigenvalue weighted by Crippen LogP contribution is -2.38. The smallest absolute Gasteiger partial charge is 0.234 e. The fourth-order valence-electron chi connectivity index (χ4n) is 3.83. The van der Waals surface area contributed by atoms with E-state index in [0.717, 1.165) is 29.9 Å². The third kappa shape index (κ3) is 6.02. The minimum Gasteiger partial charge on any atom is -0.393 e. The summed E-state index contributed by atoms with van der Waals surface area (Å²) < 4.78 is 13.9. The summed E-state index contributed by atoms with van der Waals surface area (Å²) >= 11 is 0. The predicted octanol–water partition coefficient (Wildman–Crippen LogP) is 3.10. The molecule has 1 aliphatic rings. The average Bonchev–Trinajstić information content (AvgIpc) is 2.69. The van der Waals surface area contributed by atoms with Gasteiger partial charge < -0.3 is 15.3 Å². The Bertz CT molecular complexity index is 807. The monoisotopic (exact) mass is 399 g/mol. The molecule has 156 valence electrons. The second-order valence-corrected chi connectivity index (χ2v) is 7.87. The van der Waals surface area contributed by atoms with Crippen molar-refractivity contribution in [3.63, 3.8) is 0 Å². The Morgan fingerprint density at radius 2 is 1.93 bits per heavy atom. The predicted molar refractivity (Wildman–Crippen MR) is 113 cm³/mol. The van der Waals surface area contributed by atoms with Crippen LogP contribution in [0.4, 0.5) is 10.1 Å². The number of amides is 1. The fourth-order valence-corrected chi connectivity index (χ4v) is 3.83. The number of aliphatic hydroxyl groups excluding tert-OH is 1. The number of carbonyl (C=O) groups is 1. The molecule has 6 heteroatoms. The molecule has 1 unspecified atom stereocenters. The highest BCUT2D eigenvalue weighted by molar-refractivity contribution is 5.78. The van der Waals surface area contributed by atoms with Crippen molar-refractivity contribution in [1.82, 2.24) is 10.2 Å². The van der Waals surface area contributed by atoms with Gasteiger partial charge in [-0.05, 0) is 50.6 Å². The van der Waals surface area contributed by atoms with Crippen LogP contribution in [0.15, 0.2) is 48.5 Å². The van der Waals surface area contributed by atoms with Crippen molar-refractivity contribution in [3.05, 3.63) is 65.5 Å². The quantitative estimate of drug-likeness (QED) is 0.751. The van der Waals surface area contributed by atoms with Gasteiger partial charge in [-0.2, -0.15) is 0 Å². The van der Waals surface area contributed by atoms with E-state index in [9.17, 15) is 14.3 Å². The molecule has 1 saturated heterocycles. The van der Waals surface area contributed by atoms with Crippen molar-refractivity contribution in [1.29, 1.82) is 0 Å². The molecule has 5 nitrogen and oxygen atoms in total. The summed E-state index contributed by atoms with van der Waals surface area (Å²) in [6, 6.07) is 14.4. The number of anilines is 1. The van der Waals surface area contributed by atoms with Gasteiger partial charge in [-0.1, -0.05) is 30.3 Å². The maximum Gasteiger partial charge on any atom is 0.234 e. The number of hydrogen-bond donors (Lipinski definition) is 2. The van der Waals surface area contributed by atoms with Crippen molar-refractivity contribution in [2.24, 2.45) is 0 Å². The molecule has 0 aliphatic carbocycles. The van der Waals surface area contributed by atoms with Crippen LogP contribution in [-0.4, -0.2) is 48.7 Å². The molecule has 2 N–H and O–H groups in total. The van der Waals surface area contributed by atoms with Crippen molar-refractivity contribution in [2.45, 2.75) is 38.5 Å². The number of hydrogen-bond acceptors (Lipinski definition) is 4. The number of carbonyl (C=O) groups excluding carboxylic acids is 1. The van der Waals surface area contributed by atoms with E-state index in [1.54, 1.807) is 6.07 Å². The molecule has 1 heterocycles. The first-order chi connectivity index (χ1) is 13.9. The molecule has 0 radical (unpaired) electrons. The van der Waals surface area contributed by atoms with Crippen LogP contribution in [0.2, 0.25) is 0 Å². The van der Waals surface area contributed by atoms with Crippen LogP contribution >= 0.6 is 0 Å². The number of halogens is 1. The van der Waals surface area contributed by atoms with Crippen LogP contribution in [0.25, 0.3) is 0 Å². The van der Waals surface area contributed by atoms with Gasteiger partial charge in [-0.15, -0.1) is 0 Å². The molecule has 0 aromatic heterocycles. The number of benzene rings is 2. The molecule has 1 amide bonds. The lowest BCUT2D eigenvalue weighted by molar-refractivity contribution is -0.122. The first-order valence-electron chi connectivity index (χ1n) is 10.2. The Balaban J connectivity index is 1.62. The highest BCUT2D eigenvalue weighted by Gasteiger charge is 2.22. The Morgan fingerprint density at radius 3 is 2.62 bits per heavy atom. The molecule has 2 aromatic carbocycles. The number of nitrogens with one attached hydrogen (secondary N) is 1. The second kappa shape index (κ2) is 9.85. The molecule has 0 saturated carbocycles. The molecular formula is C23H30FN3O2. The summed E-state index contributed by atoms with van der Waals surface area (Å²) in [7, 11) is 1.91. The summed E-state index contributed by atoms with van der Waals surface area (Å²) in [4.78, 5) is 16.7. The number of piperidine rings is 1. The molecule has 2 aromatic rings. The van der Waals surface area contributed by atoms with Crippen LogP contribution in [0.5, 0.6) is 0 Å². The number of nitrogens with zero attached hydrogens (tertiary/aromatic N) is 2. The van der Waals surface area contributed by atoms with E-state index in [2.05, 4.69) is 10.2 Å². The summed E-state index contributed by atoms with van der Waals surface area (Å²) in [5.41, 5.74) is 2.83. The highest BCUT2D eigenvalue weighted by atomic mass is 19.1. The van der Waals surface area contributed by atoms with Gasteiger partial charge in [0.15, 0.2) is 0 Å². The summed E-state index contributed by atoms with van der Waals surface area (Å²) in [5, 5.41) is 12.8. The molecular weight excluding hydrogens is 369 g/mol. The molecule has 1 aliphatic heterocycles. The molecule has 29 heavy (non-hydrogen) atoms. The molecule has 3 rings (SSSR count). The van der Waals surface area contributed by atoms with E-state index in [4.69, 9.17) is 0 Å². The third-order valence-electron chi connectivity index (χ3n) is 5.35. The maximum atomic E-state index is 13.9. The lowest BCUT2D eigenvalue weighted by atomic mass is 10.0. The minimum absolute atomic E-state index is 0.0970. The SMILES string of the molecule is CC(NC(=O)CN(C)Cc1ccccc1)c1cc(F)ccc1N1CCC(O)CC1. The van der Waals surface area contributed by atoms with Crippen molar-refractivity contribution in [3.8, 4) is 0 Å². The van der Waals surface area contributed by atoms with Crippen molar-refractivity contribution < 1.29 is 14.3 Å². The third-order valence-corrected chi connectivity index (χ3v) is 5.35. The standard InChI is InChI=1S/C23H30FN3O2/c1-17(25-23(29)16-26(2)15-18-6-4-3-5-7-18)21-14-19(24)8-9-22(21)27-12-10-20(28)11-13-27/h3-9,14,17,20,28H,10-13,15-16H2,1-2H3,(H,25,29). The minimum atomic E-state index is -0.317. The van der Waals surface area contributed by atoms with Crippen LogP contribution in [0.1, 0.15) is 36.9 Å². The summed E-state index contributed by atoms with van der Waals surface area (Å²) in [5.74, 6) is -0.414. The summed E-state index contributed by atoms with van der Waals surface area (Å²) in [6.07, 6.45) is 1.12.